The van der Waals surface area contributed by atoms with Gasteiger partial charge < -0.3 is 14.8 Å². The van der Waals surface area contributed by atoms with Crippen molar-refractivity contribution in [2.24, 2.45) is 5.92 Å². The molecule has 1 heterocycles. The van der Waals surface area contributed by atoms with Crippen molar-refractivity contribution in [2.75, 3.05) is 13.2 Å². The Morgan fingerprint density at radius 3 is 2.82 bits per heavy atom. The largest absolute Gasteiger partial charge is 0.493 e. The topological polar surface area (TPSA) is 30.5 Å². The van der Waals surface area contributed by atoms with Crippen LogP contribution in [0.25, 0.3) is 0 Å². The first-order valence-electron chi connectivity index (χ1n) is 8.60. The molecular formula is C19H31NO2. The Morgan fingerprint density at radius 1 is 1.36 bits per heavy atom. The third-order valence-electron chi connectivity index (χ3n) is 4.03. The lowest BCUT2D eigenvalue weighted by Gasteiger charge is -2.38. The molecule has 0 bridgehead atoms. The summed E-state index contributed by atoms with van der Waals surface area (Å²) < 4.78 is 11.9. The Kier molecular flexibility index (Phi) is 5.74. The summed E-state index contributed by atoms with van der Waals surface area (Å²) in [7, 11) is 0. The third-order valence-corrected chi connectivity index (χ3v) is 4.03. The molecule has 1 atom stereocenters. The Hall–Kier alpha value is -1.22. The number of benzene rings is 1. The highest BCUT2D eigenvalue weighted by molar-refractivity contribution is 5.44. The van der Waals surface area contributed by atoms with Crippen molar-refractivity contribution >= 4 is 0 Å². The van der Waals surface area contributed by atoms with Crippen molar-refractivity contribution in [3.8, 4) is 11.5 Å². The minimum atomic E-state index is -0.147. The first-order valence-corrected chi connectivity index (χ1v) is 8.60. The second-order valence-electron chi connectivity index (χ2n) is 7.30. The molecule has 3 nitrogen and oxygen atoms in total. The van der Waals surface area contributed by atoms with Gasteiger partial charge in [-0.05, 0) is 45.2 Å². The number of ether oxygens (including phenoxy) is 2. The van der Waals surface area contributed by atoms with Crippen LogP contribution in [0.3, 0.4) is 0 Å². The van der Waals surface area contributed by atoms with Crippen LogP contribution in [0.15, 0.2) is 18.2 Å². The van der Waals surface area contributed by atoms with Crippen LogP contribution in [0.1, 0.15) is 65.5 Å². The number of hydrogen-bond donors (Lipinski definition) is 1. The smallest absolute Gasteiger partial charge is 0.128 e. The fourth-order valence-electron chi connectivity index (χ4n) is 2.87. The molecule has 2 rings (SSSR count). The van der Waals surface area contributed by atoms with Crippen LogP contribution in [-0.4, -0.2) is 18.8 Å². The molecule has 124 valence electrons. The van der Waals surface area contributed by atoms with E-state index in [1.807, 2.05) is 6.07 Å². The van der Waals surface area contributed by atoms with Gasteiger partial charge in [-0.25, -0.2) is 0 Å². The highest BCUT2D eigenvalue weighted by atomic mass is 16.5. The van der Waals surface area contributed by atoms with E-state index in [9.17, 15) is 0 Å². The summed E-state index contributed by atoms with van der Waals surface area (Å²) in [5, 5.41) is 3.71. The van der Waals surface area contributed by atoms with Crippen LogP contribution in [0, 0.1) is 5.92 Å². The molecule has 1 unspecified atom stereocenters. The van der Waals surface area contributed by atoms with Crippen molar-refractivity contribution in [1.82, 2.24) is 5.32 Å². The van der Waals surface area contributed by atoms with E-state index in [2.05, 4.69) is 52.1 Å². The van der Waals surface area contributed by atoms with Gasteiger partial charge in [-0.2, -0.15) is 0 Å². The molecule has 3 heteroatoms. The van der Waals surface area contributed by atoms with E-state index in [4.69, 9.17) is 9.47 Å². The lowest BCUT2D eigenvalue weighted by molar-refractivity contribution is 0.0655. The summed E-state index contributed by atoms with van der Waals surface area (Å²) >= 11 is 0. The van der Waals surface area contributed by atoms with Gasteiger partial charge in [0.1, 0.15) is 17.1 Å². The minimum Gasteiger partial charge on any atom is -0.493 e. The van der Waals surface area contributed by atoms with Crippen molar-refractivity contribution in [3.63, 3.8) is 0 Å². The maximum absolute atomic E-state index is 6.18. The summed E-state index contributed by atoms with van der Waals surface area (Å²) in [6, 6.07) is 6.62. The summed E-state index contributed by atoms with van der Waals surface area (Å²) in [5.74, 6) is 2.59. The average Bonchev–Trinajstić information content (AvgIpc) is 2.43. The second-order valence-corrected chi connectivity index (χ2v) is 7.30. The van der Waals surface area contributed by atoms with Crippen LogP contribution in [-0.2, 0) is 0 Å². The standard InChI is InChI=1S/C19H31NO2/c1-6-11-21-15-7-8-16-17(20-10-9-14(2)3)13-19(4,5)22-18(16)12-15/h7-8,12,14,17,20H,6,9-11,13H2,1-5H3. The predicted molar refractivity (Wildman–Crippen MR) is 91.8 cm³/mol. The molecule has 0 aliphatic carbocycles. The maximum Gasteiger partial charge on any atom is 0.128 e. The molecule has 1 aliphatic rings. The fourth-order valence-corrected chi connectivity index (χ4v) is 2.87. The normalized spacial score (nSPS) is 19.6. The molecule has 1 aromatic rings. The van der Waals surface area contributed by atoms with Gasteiger partial charge in [-0.1, -0.05) is 26.8 Å². The van der Waals surface area contributed by atoms with Gasteiger partial charge in [0.25, 0.3) is 0 Å². The van der Waals surface area contributed by atoms with Crippen LogP contribution < -0.4 is 14.8 Å². The SMILES string of the molecule is CCCOc1ccc2c(c1)OC(C)(C)CC2NCCC(C)C. The van der Waals surface area contributed by atoms with Crippen LogP contribution in [0.2, 0.25) is 0 Å². The molecule has 1 aliphatic heterocycles. The van der Waals surface area contributed by atoms with Crippen molar-refractivity contribution in [2.45, 2.75) is 65.5 Å². The fraction of sp³-hybridized carbons (Fsp3) is 0.684. The summed E-state index contributed by atoms with van der Waals surface area (Å²) in [4.78, 5) is 0. The molecule has 1 N–H and O–H groups in total. The van der Waals surface area contributed by atoms with Gasteiger partial charge in [-0.3, -0.25) is 0 Å². The van der Waals surface area contributed by atoms with E-state index in [0.717, 1.165) is 43.4 Å². The van der Waals surface area contributed by atoms with Gasteiger partial charge in [0.2, 0.25) is 0 Å². The Bertz CT molecular complexity index is 482. The molecular weight excluding hydrogens is 274 g/mol. The summed E-state index contributed by atoms with van der Waals surface area (Å²) in [6.45, 7) is 12.8. The first-order chi connectivity index (χ1) is 10.4. The van der Waals surface area contributed by atoms with E-state index in [0.29, 0.717) is 6.04 Å². The minimum absolute atomic E-state index is 0.147. The van der Waals surface area contributed by atoms with E-state index in [1.54, 1.807) is 0 Å². The molecule has 0 amide bonds. The highest BCUT2D eigenvalue weighted by Crippen LogP contribution is 2.41. The molecule has 0 fully saturated rings. The number of rotatable bonds is 7. The Labute approximate surface area is 135 Å². The van der Waals surface area contributed by atoms with Gasteiger partial charge in [-0.15, -0.1) is 0 Å². The zero-order valence-electron chi connectivity index (χ0n) is 14.7. The molecule has 0 saturated heterocycles. The van der Waals surface area contributed by atoms with Crippen molar-refractivity contribution < 1.29 is 9.47 Å². The number of fused-ring (bicyclic) bond motifs is 1. The van der Waals surface area contributed by atoms with Gasteiger partial charge in [0.05, 0.1) is 6.61 Å². The van der Waals surface area contributed by atoms with E-state index >= 15 is 0 Å². The first kappa shape index (κ1) is 17.1. The monoisotopic (exact) mass is 305 g/mol. The Balaban J connectivity index is 2.13. The van der Waals surface area contributed by atoms with Gasteiger partial charge in [0.15, 0.2) is 0 Å². The summed E-state index contributed by atoms with van der Waals surface area (Å²) in [6.07, 6.45) is 3.21. The lowest BCUT2D eigenvalue weighted by atomic mass is 9.89. The van der Waals surface area contributed by atoms with Crippen molar-refractivity contribution in [1.29, 1.82) is 0 Å². The van der Waals surface area contributed by atoms with Crippen LogP contribution in [0.4, 0.5) is 0 Å². The third kappa shape index (κ3) is 4.64. The number of hydrogen-bond acceptors (Lipinski definition) is 3. The molecule has 22 heavy (non-hydrogen) atoms. The van der Waals surface area contributed by atoms with Crippen LogP contribution in [0.5, 0.6) is 11.5 Å². The van der Waals surface area contributed by atoms with E-state index in [1.165, 1.54) is 12.0 Å². The molecule has 0 saturated carbocycles. The zero-order valence-corrected chi connectivity index (χ0v) is 14.7. The number of nitrogens with one attached hydrogen (secondary N) is 1. The molecule has 0 spiro atoms. The quantitative estimate of drug-likeness (QED) is 0.791. The summed E-state index contributed by atoms with van der Waals surface area (Å²) in [5.41, 5.74) is 1.11. The highest BCUT2D eigenvalue weighted by Gasteiger charge is 2.33. The van der Waals surface area contributed by atoms with Crippen molar-refractivity contribution in [3.05, 3.63) is 23.8 Å². The molecule has 0 aromatic heterocycles. The average molecular weight is 305 g/mol. The van der Waals surface area contributed by atoms with Gasteiger partial charge >= 0.3 is 0 Å². The maximum atomic E-state index is 6.18. The van der Waals surface area contributed by atoms with Crippen LogP contribution >= 0.6 is 0 Å². The Morgan fingerprint density at radius 2 is 2.14 bits per heavy atom. The predicted octanol–water partition coefficient (Wildman–Crippen LogP) is 4.71. The van der Waals surface area contributed by atoms with Gasteiger partial charge in [0, 0.05) is 24.1 Å². The molecule has 1 aromatic carbocycles. The zero-order chi connectivity index (χ0) is 16.2. The van der Waals surface area contributed by atoms with E-state index in [-0.39, 0.29) is 5.60 Å². The van der Waals surface area contributed by atoms with E-state index < -0.39 is 0 Å². The molecule has 0 radical (unpaired) electrons. The lowest BCUT2D eigenvalue weighted by Crippen LogP contribution is -2.39. The second kappa shape index (κ2) is 7.36.